The molecule has 6 aromatic carbocycles. The van der Waals surface area contributed by atoms with Crippen molar-refractivity contribution in [2.45, 2.75) is 80.3 Å². The van der Waals surface area contributed by atoms with Crippen molar-refractivity contribution in [3.63, 3.8) is 0 Å². The smallest absolute Gasteiger partial charge is 0.0896 e. The molecule has 0 saturated heterocycles. The molecule has 0 N–H and O–H groups in total. The molecule has 0 radical (unpaired) electrons. The molecule has 56 heavy (non-hydrogen) atoms. The molecule has 8 rings (SSSR count). The first-order valence-corrected chi connectivity index (χ1v) is 32.0. The van der Waals surface area contributed by atoms with Gasteiger partial charge in [-0.1, -0.05) is 111 Å². The molecule has 0 aliphatic carbocycles. The van der Waals surface area contributed by atoms with E-state index >= 15 is 0 Å². The Bertz CT molecular complexity index is 2430. The zero-order valence-corrected chi connectivity index (χ0v) is 39.2. The Kier molecular flexibility index (Phi) is 13.7. The predicted octanol–water partition coefficient (Wildman–Crippen LogP) is 16.6. The normalized spacial score (nSPS) is 11.2. The third-order valence-corrected chi connectivity index (χ3v) is 30.0. The van der Waals surface area contributed by atoms with E-state index in [0.717, 1.165) is 34.2 Å². The molecule has 2 aromatic heterocycles. The molecule has 0 unspecified atom stereocenters. The summed E-state index contributed by atoms with van der Waals surface area (Å²) in [4.78, 5) is 0. The fourth-order valence-corrected chi connectivity index (χ4v) is 7.81. The number of hydrogen-bond acceptors (Lipinski definition) is 2. The second kappa shape index (κ2) is 18.3. The van der Waals surface area contributed by atoms with E-state index in [1.807, 2.05) is 26.0 Å². The van der Waals surface area contributed by atoms with Gasteiger partial charge in [0.15, 0.2) is 0 Å². The van der Waals surface area contributed by atoms with Gasteiger partial charge in [-0.3, -0.25) is 0 Å². The average molecular weight is 875 g/mol. The van der Waals surface area contributed by atoms with Crippen molar-refractivity contribution < 1.29 is 26.8 Å². The van der Waals surface area contributed by atoms with Crippen LogP contribution in [0.1, 0.15) is 73.3 Å². The Hall–Kier alpha value is -3.66. The van der Waals surface area contributed by atoms with Crippen LogP contribution in [0.5, 0.6) is 0 Å². The number of fused-ring (bicyclic) bond motifs is 2. The van der Waals surface area contributed by atoms with Crippen molar-refractivity contribution >= 4 is 44.0 Å². The zero-order chi connectivity index (χ0) is 40.3. The molecule has 288 valence electrons. The topological polar surface area (TPSA) is 26.3 Å². The van der Waals surface area contributed by atoms with E-state index in [0.29, 0.717) is 11.8 Å². The minimum atomic E-state index is -1.65. The van der Waals surface area contributed by atoms with E-state index in [-0.39, 0.29) is 5.43 Å². The molecule has 2 nitrogen and oxygen atoms in total. The predicted molar refractivity (Wildman–Crippen MR) is 242 cm³/mol. The molecule has 0 aliphatic heterocycles. The van der Waals surface area contributed by atoms with Gasteiger partial charge in [-0.15, -0.1) is 57.9 Å². The summed E-state index contributed by atoms with van der Waals surface area (Å²) in [5.74, 6) is 4.73. The largest absolute Gasteiger partial charge is 0.496 e. The van der Waals surface area contributed by atoms with Crippen LogP contribution in [0.4, 0.5) is 0 Å². The monoisotopic (exact) mass is 872 g/mol. The van der Waals surface area contributed by atoms with E-state index in [9.17, 15) is 0 Å². The number of hydrogen-bond donors (Lipinski definition) is 0. The summed E-state index contributed by atoms with van der Waals surface area (Å²) < 4.78 is 11.7. The van der Waals surface area contributed by atoms with Gasteiger partial charge in [0.25, 0.3) is 0 Å². The quantitative estimate of drug-likeness (QED) is 0.123. The van der Waals surface area contributed by atoms with Crippen molar-refractivity contribution in [1.29, 1.82) is 0 Å². The first-order chi connectivity index (χ1) is 26.7. The summed E-state index contributed by atoms with van der Waals surface area (Å²) in [5.41, 5.74) is 13.0. The van der Waals surface area contributed by atoms with Crippen molar-refractivity contribution in [3.8, 4) is 44.9 Å². The van der Waals surface area contributed by atoms with Crippen molar-refractivity contribution in [2.24, 2.45) is 0 Å². The molecule has 0 spiro atoms. The number of aryl methyl sites for hydroxylation is 4. The van der Waals surface area contributed by atoms with Crippen molar-refractivity contribution in [1.82, 2.24) is 0 Å². The maximum absolute atomic E-state index is 5.85. The van der Waals surface area contributed by atoms with Crippen molar-refractivity contribution in [2.75, 3.05) is 0 Å². The standard InChI is InChI=1S/2C24H23O.C2H6Si.2ClH.Zr/c2*1-15(2)23-16(3)12-19-13-20(22-11-10-17(4)25-22)14-21(19)24(23)18-8-6-5-7-9-18;1-3-2;;;/h2*5-15H,1-4H3;1-2H3;2*1H;/q2*-1;;;;+2/p-2. The molecule has 0 saturated carbocycles. The van der Waals surface area contributed by atoms with Gasteiger partial charge >= 0.3 is 53.5 Å². The van der Waals surface area contributed by atoms with Gasteiger partial charge in [0.2, 0.25) is 0 Å². The second-order valence-corrected chi connectivity index (χ2v) is 38.6. The molecule has 8 aromatic rings. The minimum Gasteiger partial charge on any atom is -0.496 e. The van der Waals surface area contributed by atoms with Crippen LogP contribution in [0.15, 0.2) is 130 Å². The van der Waals surface area contributed by atoms with Crippen LogP contribution in [0.2, 0.25) is 13.1 Å². The van der Waals surface area contributed by atoms with Gasteiger partial charge in [-0.25, -0.2) is 0 Å². The van der Waals surface area contributed by atoms with Gasteiger partial charge in [-0.2, -0.15) is 0 Å². The van der Waals surface area contributed by atoms with Crippen LogP contribution >= 0.6 is 17.0 Å². The van der Waals surface area contributed by atoms with Crippen LogP contribution < -0.4 is 0 Å². The Morgan fingerprint density at radius 1 is 0.536 bits per heavy atom. The molecular formula is C50H52Cl2O2SiZr-2. The average Bonchev–Trinajstić information content (AvgIpc) is 3.98. The van der Waals surface area contributed by atoms with E-state index in [1.165, 1.54) is 66.1 Å². The maximum Gasteiger partial charge on any atom is 0.0896 e. The SMILES string of the molecule is C[Si](C)=[Zr]([Cl])[Cl].Cc1ccc(-c2cc3c(-c4ccccc4)c(C(C)C)c(C)cc3[cH-]2)o1.Cc1ccc(-c2cc3c(-c4ccccc4)c(C(C)C)c(C)cc3[cH-]2)o1. The van der Waals surface area contributed by atoms with Crippen LogP contribution in [-0.4, -0.2) is 5.43 Å². The fraction of sp³-hybridized carbons (Fsp3) is 0.240. The van der Waals surface area contributed by atoms with Gasteiger partial charge < -0.3 is 8.83 Å². The third-order valence-electron chi connectivity index (χ3n) is 10.2. The summed E-state index contributed by atoms with van der Waals surface area (Å²) in [5, 5.41) is 5.18. The van der Waals surface area contributed by atoms with E-state index in [4.69, 9.17) is 25.9 Å². The first-order valence-electron chi connectivity index (χ1n) is 19.4. The molecule has 2 heterocycles. The third kappa shape index (κ3) is 9.37. The van der Waals surface area contributed by atoms with E-state index < -0.39 is 18.0 Å². The first kappa shape index (κ1) is 42.0. The molecular weight excluding hydrogens is 823 g/mol. The van der Waals surface area contributed by atoms with E-state index in [2.05, 4.69) is 164 Å². The van der Waals surface area contributed by atoms with Gasteiger partial charge in [0, 0.05) is 0 Å². The summed E-state index contributed by atoms with van der Waals surface area (Å²) >= 11 is -1.65. The number of benzene rings is 4. The van der Waals surface area contributed by atoms with Crippen LogP contribution in [-0.2, 0) is 18.0 Å². The van der Waals surface area contributed by atoms with Crippen molar-refractivity contribution in [3.05, 3.63) is 155 Å². The fourth-order valence-electron chi connectivity index (χ4n) is 7.81. The molecule has 6 heteroatoms. The maximum atomic E-state index is 5.85. The number of halogens is 2. The van der Waals surface area contributed by atoms with Crippen LogP contribution in [0, 0.1) is 27.7 Å². The number of furan rings is 2. The van der Waals surface area contributed by atoms with E-state index in [1.54, 1.807) is 0 Å². The second-order valence-electron chi connectivity index (χ2n) is 15.6. The summed E-state index contributed by atoms with van der Waals surface area (Å²) in [7, 11) is 11.2. The molecule has 0 fully saturated rings. The zero-order valence-electron chi connectivity index (χ0n) is 34.3. The van der Waals surface area contributed by atoms with Gasteiger partial charge in [-0.05, 0) is 97.2 Å². The summed E-state index contributed by atoms with van der Waals surface area (Å²) in [6, 6.07) is 43.3. The molecule has 0 aliphatic rings. The molecule has 0 atom stereocenters. The van der Waals surface area contributed by atoms with Crippen LogP contribution in [0.25, 0.3) is 66.4 Å². The Balaban J connectivity index is 0.000000166. The molecule has 0 amide bonds. The summed E-state index contributed by atoms with van der Waals surface area (Å²) in [6.45, 7) is 21.9. The van der Waals surface area contributed by atoms with Crippen LogP contribution in [0.3, 0.4) is 0 Å². The Morgan fingerprint density at radius 2 is 0.893 bits per heavy atom. The minimum absolute atomic E-state index is 0.224. The van der Waals surface area contributed by atoms with Gasteiger partial charge in [0.1, 0.15) is 0 Å². The number of rotatable bonds is 6. The van der Waals surface area contributed by atoms with Gasteiger partial charge in [0.05, 0.1) is 23.0 Å². The Morgan fingerprint density at radius 3 is 1.18 bits per heavy atom. The molecule has 0 bridgehead atoms. The Labute approximate surface area is 348 Å². The summed E-state index contributed by atoms with van der Waals surface area (Å²) in [6.07, 6.45) is 0.